The number of halogens is 1. The number of aromatic nitrogens is 2. The second kappa shape index (κ2) is 6.73. The van der Waals surface area contributed by atoms with E-state index in [-0.39, 0.29) is 0 Å². The van der Waals surface area contributed by atoms with Crippen LogP contribution in [-0.4, -0.2) is 16.7 Å². The first-order valence-electron chi connectivity index (χ1n) is 8.09. The Morgan fingerprint density at radius 2 is 1.76 bits per heavy atom. The highest BCUT2D eigenvalue weighted by Crippen LogP contribution is 2.28. The Kier molecular flexibility index (Phi) is 4.28. The molecule has 4 heteroatoms. The molecular formula is C21H17BrN2O. The number of hydrogen-bond acceptors (Lipinski definition) is 2. The Bertz CT molecular complexity index is 1020. The molecule has 1 heterocycles. The predicted octanol–water partition coefficient (Wildman–Crippen LogP) is 5.52. The number of nitrogens with zero attached hydrogens (tertiary/aromatic N) is 2. The lowest BCUT2D eigenvalue weighted by Gasteiger charge is -2.11. The molecule has 4 rings (SSSR count). The summed E-state index contributed by atoms with van der Waals surface area (Å²) in [6.45, 7) is 0.764. The van der Waals surface area contributed by atoms with Crippen LogP contribution in [0.5, 0.6) is 5.75 Å². The standard InChI is InChI=1S/C21H17BrN2O/c1-25-18-6-4-5-16(13-18)21-23-19-7-2-3-8-20(19)24(21)14-15-9-11-17(22)12-10-15/h2-13H,14H2,1H3. The molecule has 3 aromatic carbocycles. The fraction of sp³-hybridized carbons (Fsp3) is 0.0952. The van der Waals surface area contributed by atoms with Gasteiger partial charge in [-0.2, -0.15) is 0 Å². The molecule has 0 N–H and O–H groups in total. The SMILES string of the molecule is COc1cccc(-c2nc3ccccc3n2Cc2ccc(Br)cc2)c1. The van der Waals surface area contributed by atoms with Gasteiger partial charge in [0.15, 0.2) is 0 Å². The second-order valence-electron chi connectivity index (χ2n) is 5.87. The van der Waals surface area contributed by atoms with Crippen molar-refractivity contribution in [3.8, 4) is 17.1 Å². The Labute approximate surface area is 155 Å². The Morgan fingerprint density at radius 1 is 0.960 bits per heavy atom. The van der Waals surface area contributed by atoms with Crippen LogP contribution < -0.4 is 4.74 Å². The smallest absolute Gasteiger partial charge is 0.141 e. The lowest BCUT2D eigenvalue weighted by atomic mass is 10.2. The number of hydrogen-bond donors (Lipinski definition) is 0. The van der Waals surface area contributed by atoms with Crippen molar-refractivity contribution in [2.75, 3.05) is 7.11 Å². The summed E-state index contributed by atoms with van der Waals surface area (Å²) in [4.78, 5) is 4.87. The monoisotopic (exact) mass is 392 g/mol. The van der Waals surface area contributed by atoms with Gasteiger partial charge in [-0.15, -0.1) is 0 Å². The Hall–Kier alpha value is -2.59. The molecule has 0 atom stereocenters. The minimum Gasteiger partial charge on any atom is -0.497 e. The topological polar surface area (TPSA) is 27.1 Å². The van der Waals surface area contributed by atoms with Crippen LogP contribution in [0.1, 0.15) is 5.56 Å². The van der Waals surface area contributed by atoms with E-state index in [1.165, 1.54) is 5.56 Å². The first-order valence-corrected chi connectivity index (χ1v) is 8.88. The number of rotatable bonds is 4. The Morgan fingerprint density at radius 3 is 2.56 bits per heavy atom. The molecular weight excluding hydrogens is 376 g/mol. The van der Waals surface area contributed by atoms with Gasteiger partial charge in [-0.05, 0) is 42.0 Å². The van der Waals surface area contributed by atoms with E-state index < -0.39 is 0 Å². The normalized spacial score (nSPS) is 11.0. The van der Waals surface area contributed by atoms with E-state index in [0.717, 1.165) is 39.2 Å². The van der Waals surface area contributed by atoms with Crippen LogP contribution in [0.25, 0.3) is 22.4 Å². The average molecular weight is 393 g/mol. The highest BCUT2D eigenvalue weighted by molar-refractivity contribution is 9.10. The third-order valence-electron chi connectivity index (χ3n) is 4.24. The van der Waals surface area contributed by atoms with Gasteiger partial charge in [0.2, 0.25) is 0 Å². The van der Waals surface area contributed by atoms with E-state index in [1.807, 2.05) is 24.3 Å². The van der Waals surface area contributed by atoms with E-state index in [9.17, 15) is 0 Å². The zero-order valence-electron chi connectivity index (χ0n) is 13.8. The van der Waals surface area contributed by atoms with Gasteiger partial charge in [-0.3, -0.25) is 0 Å². The van der Waals surface area contributed by atoms with E-state index >= 15 is 0 Å². The number of imidazole rings is 1. The molecule has 25 heavy (non-hydrogen) atoms. The first kappa shape index (κ1) is 15.9. The van der Waals surface area contributed by atoms with Crippen molar-refractivity contribution in [1.82, 2.24) is 9.55 Å². The maximum absolute atomic E-state index is 5.38. The molecule has 4 aromatic rings. The first-order chi connectivity index (χ1) is 12.2. The number of fused-ring (bicyclic) bond motifs is 1. The van der Waals surface area contributed by atoms with E-state index in [4.69, 9.17) is 9.72 Å². The lowest BCUT2D eigenvalue weighted by molar-refractivity contribution is 0.415. The van der Waals surface area contributed by atoms with E-state index in [2.05, 4.69) is 69.0 Å². The van der Waals surface area contributed by atoms with Gasteiger partial charge in [0.05, 0.1) is 18.1 Å². The van der Waals surface area contributed by atoms with E-state index in [1.54, 1.807) is 7.11 Å². The summed E-state index contributed by atoms with van der Waals surface area (Å²) < 4.78 is 8.72. The molecule has 0 amide bonds. The summed E-state index contributed by atoms with van der Waals surface area (Å²) in [6.07, 6.45) is 0. The third kappa shape index (κ3) is 3.17. The molecule has 0 aliphatic heterocycles. The number of benzene rings is 3. The van der Waals surface area contributed by atoms with Crippen molar-refractivity contribution in [1.29, 1.82) is 0 Å². The van der Waals surface area contributed by atoms with Crippen molar-refractivity contribution in [2.24, 2.45) is 0 Å². The minimum absolute atomic E-state index is 0.764. The van der Waals surface area contributed by atoms with Crippen molar-refractivity contribution >= 4 is 27.0 Å². The van der Waals surface area contributed by atoms with Crippen molar-refractivity contribution < 1.29 is 4.74 Å². The molecule has 1 aromatic heterocycles. The van der Waals surface area contributed by atoms with Crippen LogP contribution >= 0.6 is 15.9 Å². The molecule has 0 fully saturated rings. The molecule has 3 nitrogen and oxygen atoms in total. The summed E-state index contributed by atoms with van der Waals surface area (Å²) in [5.74, 6) is 1.78. The third-order valence-corrected chi connectivity index (χ3v) is 4.77. The van der Waals surface area contributed by atoms with Crippen LogP contribution in [0.3, 0.4) is 0 Å². The highest BCUT2D eigenvalue weighted by Gasteiger charge is 2.13. The van der Waals surface area contributed by atoms with Crippen LogP contribution in [0.2, 0.25) is 0 Å². The lowest BCUT2D eigenvalue weighted by Crippen LogP contribution is -2.02. The summed E-state index contributed by atoms with van der Waals surface area (Å²) in [5.41, 5.74) is 4.41. The summed E-state index contributed by atoms with van der Waals surface area (Å²) in [7, 11) is 1.68. The number of methoxy groups -OCH3 is 1. The fourth-order valence-corrected chi connectivity index (χ4v) is 3.25. The maximum atomic E-state index is 5.38. The molecule has 124 valence electrons. The zero-order chi connectivity index (χ0) is 17.2. The van der Waals surface area contributed by atoms with Crippen molar-refractivity contribution in [3.63, 3.8) is 0 Å². The summed E-state index contributed by atoms with van der Waals surface area (Å²) >= 11 is 3.50. The van der Waals surface area contributed by atoms with Crippen LogP contribution in [0.4, 0.5) is 0 Å². The molecule has 0 spiro atoms. The molecule has 0 saturated carbocycles. The molecule has 0 radical (unpaired) electrons. The summed E-state index contributed by atoms with van der Waals surface area (Å²) in [5, 5.41) is 0. The van der Waals surface area contributed by atoms with Gasteiger partial charge < -0.3 is 9.30 Å². The van der Waals surface area contributed by atoms with Gasteiger partial charge in [0, 0.05) is 16.6 Å². The van der Waals surface area contributed by atoms with Crippen LogP contribution in [0, 0.1) is 0 Å². The molecule has 0 bridgehead atoms. The quantitative estimate of drug-likeness (QED) is 0.456. The van der Waals surface area contributed by atoms with Gasteiger partial charge in [0.25, 0.3) is 0 Å². The van der Waals surface area contributed by atoms with Crippen molar-refractivity contribution in [2.45, 2.75) is 6.54 Å². The number of ether oxygens (including phenoxy) is 1. The largest absolute Gasteiger partial charge is 0.497 e. The van der Waals surface area contributed by atoms with Crippen molar-refractivity contribution in [3.05, 3.63) is 82.8 Å². The van der Waals surface area contributed by atoms with E-state index in [0.29, 0.717) is 0 Å². The second-order valence-corrected chi connectivity index (χ2v) is 6.78. The molecule has 0 unspecified atom stereocenters. The van der Waals surface area contributed by atoms with Gasteiger partial charge in [0.1, 0.15) is 11.6 Å². The minimum atomic E-state index is 0.764. The fourth-order valence-electron chi connectivity index (χ4n) is 2.99. The molecule has 0 saturated heterocycles. The molecule has 0 aliphatic carbocycles. The zero-order valence-corrected chi connectivity index (χ0v) is 15.4. The predicted molar refractivity (Wildman–Crippen MR) is 105 cm³/mol. The summed E-state index contributed by atoms with van der Waals surface area (Å²) in [6, 6.07) is 24.7. The van der Waals surface area contributed by atoms with Crippen LogP contribution in [0.15, 0.2) is 77.3 Å². The average Bonchev–Trinajstić information content (AvgIpc) is 3.02. The number of para-hydroxylation sites is 2. The van der Waals surface area contributed by atoms with Crippen LogP contribution in [-0.2, 0) is 6.54 Å². The van der Waals surface area contributed by atoms with Gasteiger partial charge in [-0.1, -0.05) is 52.3 Å². The highest BCUT2D eigenvalue weighted by atomic mass is 79.9. The molecule has 0 aliphatic rings. The van der Waals surface area contributed by atoms with Gasteiger partial charge >= 0.3 is 0 Å². The van der Waals surface area contributed by atoms with Gasteiger partial charge in [-0.25, -0.2) is 4.98 Å². The maximum Gasteiger partial charge on any atom is 0.141 e. The Balaban J connectivity index is 1.87.